The summed E-state index contributed by atoms with van der Waals surface area (Å²) in [7, 11) is 1.85. The monoisotopic (exact) mass is 267 g/mol. The van der Waals surface area contributed by atoms with Gasteiger partial charge in [-0.05, 0) is 20.8 Å². The zero-order valence-electron chi connectivity index (χ0n) is 11.9. The molecule has 1 rings (SSSR count). The van der Waals surface area contributed by atoms with Crippen LogP contribution in [0.25, 0.3) is 0 Å². The molecule has 0 spiro atoms. The highest BCUT2D eigenvalue weighted by molar-refractivity contribution is 5.79. The average Bonchev–Trinajstić information content (AvgIpc) is 2.56. The fourth-order valence-corrected chi connectivity index (χ4v) is 2.03. The van der Waals surface area contributed by atoms with Crippen LogP contribution in [0.2, 0.25) is 0 Å². The second-order valence-electron chi connectivity index (χ2n) is 4.57. The van der Waals surface area contributed by atoms with Gasteiger partial charge in [-0.2, -0.15) is 5.10 Å². The summed E-state index contributed by atoms with van der Waals surface area (Å²) in [6, 6.07) is 0. The standard InChI is InChI=1S/C13H21N3O3/c1-5-16(7-6-13(18)19)12(17)8-11-9(2)14-15(4)10(11)3/h5-8H2,1-4H3,(H,18,19). The van der Waals surface area contributed by atoms with Crippen molar-refractivity contribution in [2.45, 2.75) is 33.6 Å². The van der Waals surface area contributed by atoms with Crippen LogP contribution in [0.1, 0.15) is 30.3 Å². The maximum atomic E-state index is 12.2. The van der Waals surface area contributed by atoms with Gasteiger partial charge < -0.3 is 10.0 Å². The Morgan fingerprint density at radius 1 is 1.37 bits per heavy atom. The lowest BCUT2D eigenvalue weighted by atomic mass is 10.1. The molecule has 1 heterocycles. The molecule has 106 valence electrons. The van der Waals surface area contributed by atoms with E-state index in [-0.39, 0.29) is 25.3 Å². The van der Waals surface area contributed by atoms with Crippen molar-refractivity contribution in [2.75, 3.05) is 13.1 Å². The van der Waals surface area contributed by atoms with Gasteiger partial charge in [0.2, 0.25) is 5.91 Å². The summed E-state index contributed by atoms with van der Waals surface area (Å²) in [4.78, 5) is 24.3. The number of carbonyl (C=O) groups excluding carboxylic acids is 1. The first kappa shape index (κ1) is 15.2. The van der Waals surface area contributed by atoms with Crippen molar-refractivity contribution in [3.05, 3.63) is 17.0 Å². The van der Waals surface area contributed by atoms with E-state index >= 15 is 0 Å². The molecule has 0 fully saturated rings. The highest BCUT2D eigenvalue weighted by atomic mass is 16.4. The van der Waals surface area contributed by atoms with E-state index in [1.54, 1.807) is 9.58 Å². The third-order valence-electron chi connectivity index (χ3n) is 3.32. The number of carbonyl (C=O) groups is 2. The van der Waals surface area contributed by atoms with E-state index < -0.39 is 5.97 Å². The fraction of sp³-hybridized carbons (Fsp3) is 0.615. The molecule has 6 heteroatoms. The van der Waals surface area contributed by atoms with Gasteiger partial charge >= 0.3 is 5.97 Å². The highest BCUT2D eigenvalue weighted by Gasteiger charge is 2.18. The van der Waals surface area contributed by atoms with Crippen molar-refractivity contribution in [3.63, 3.8) is 0 Å². The molecule has 0 unspecified atom stereocenters. The lowest BCUT2D eigenvalue weighted by Crippen LogP contribution is -2.34. The Morgan fingerprint density at radius 2 is 2.00 bits per heavy atom. The molecular formula is C13H21N3O3. The van der Waals surface area contributed by atoms with Gasteiger partial charge in [-0.15, -0.1) is 0 Å². The number of carboxylic acids is 1. The summed E-state index contributed by atoms with van der Waals surface area (Å²) in [5.74, 6) is -0.942. The molecule has 0 bridgehead atoms. The van der Waals surface area contributed by atoms with E-state index in [1.807, 2.05) is 27.8 Å². The van der Waals surface area contributed by atoms with Crippen LogP contribution in [0.5, 0.6) is 0 Å². The number of hydrogen-bond acceptors (Lipinski definition) is 3. The molecule has 0 aliphatic rings. The van der Waals surface area contributed by atoms with Gasteiger partial charge in [0.25, 0.3) is 0 Å². The molecule has 1 aromatic heterocycles. The molecule has 0 atom stereocenters. The first-order chi connectivity index (χ1) is 8.86. The topological polar surface area (TPSA) is 75.4 Å². The number of likely N-dealkylation sites (N-methyl/N-ethyl adjacent to an activating group) is 1. The Balaban J connectivity index is 2.74. The predicted octanol–water partition coefficient (Wildman–Crippen LogP) is 0.903. The lowest BCUT2D eigenvalue weighted by Gasteiger charge is -2.20. The zero-order chi connectivity index (χ0) is 14.6. The van der Waals surface area contributed by atoms with Crippen molar-refractivity contribution < 1.29 is 14.7 Å². The summed E-state index contributed by atoms with van der Waals surface area (Å²) in [6.45, 7) is 6.43. The van der Waals surface area contributed by atoms with Crippen molar-refractivity contribution in [1.82, 2.24) is 14.7 Å². The first-order valence-electron chi connectivity index (χ1n) is 6.35. The minimum Gasteiger partial charge on any atom is -0.481 e. The van der Waals surface area contributed by atoms with E-state index in [1.165, 1.54) is 0 Å². The maximum Gasteiger partial charge on any atom is 0.305 e. The molecule has 1 aromatic rings. The third-order valence-corrected chi connectivity index (χ3v) is 3.32. The largest absolute Gasteiger partial charge is 0.481 e. The third kappa shape index (κ3) is 3.81. The SMILES string of the molecule is CCN(CCC(=O)O)C(=O)Cc1c(C)nn(C)c1C. The van der Waals surface area contributed by atoms with Gasteiger partial charge in [-0.1, -0.05) is 0 Å². The molecule has 1 amide bonds. The van der Waals surface area contributed by atoms with Crippen LogP contribution < -0.4 is 0 Å². The second kappa shape index (κ2) is 6.36. The van der Waals surface area contributed by atoms with Crippen LogP contribution in [-0.2, 0) is 23.1 Å². The molecule has 0 aromatic carbocycles. The summed E-state index contributed by atoms with van der Waals surface area (Å²) < 4.78 is 1.76. The van der Waals surface area contributed by atoms with Gasteiger partial charge in [0.1, 0.15) is 0 Å². The Bertz CT molecular complexity index is 480. The van der Waals surface area contributed by atoms with E-state index in [0.29, 0.717) is 6.54 Å². The Kier molecular flexibility index (Phi) is 5.09. The number of rotatable bonds is 6. The number of nitrogens with zero attached hydrogens (tertiary/aromatic N) is 3. The van der Waals surface area contributed by atoms with Crippen LogP contribution in [0.4, 0.5) is 0 Å². The minimum absolute atomic E-state index is 0.0232. The van der Waals surface area contributed by atoms with Crippen molar-refractivity contribution in [3.8, 4) is 0 Å². The molecule has 1 N–H and O–H groups in total. The number of carboxylic acid groups (broad SMARTS) is 1. The number of aliphatic carboxylic acids is 1. The van der Waals surface area contributed by atoms with Crippen molar-refractivity contribution >= 4 is 11.9 Å². The van der Waals surface area contributed by atoms with Crippen LogP contribution in [0, 0.1) is 13.8 Å². The number of aromatic nitrogens is 2. The van der Waals surface area contributed by atoms with Crippen molar-refractivity contribution in [2.24, 2.45) is 7.05 Å². The molecule has 0 saturated carbocycles. The second-order valence-corrected chi connectivity index (χ2v) is 4.57. The van der Waals surface area contributed by atoms with Gasteiger partial charge in [-0.3, -0.25) is 14.3 Å². The molecule has 0 saturated heterocycles. The fourth-order valence-electron chi connectivity index (χ4n) is 2.03. The Labute approximate surface area is 113 Å². The average molecular weight is 267 g/mol. The van der Waals surface area contributed by atoms with Crippen LogP contribution >= 0.6 is 0 Å². The molecule has 19 heavy (non-hydrogen) atoms. The quantitative estimate of drug-likeness (QED) is 0.831. The van der Waals surface area contributed by atoms with E-state index in [9.17, 15) is 9.59 Å². The molecule has 0 radical (unpaired) electrons. The summed E-state index contributed by atoms with van der Waals surface area (Å²) in [5.41, 5.74) is 2.75. The Hall–Kier alpha value is -1.85. The summed E-state index contributed by atoms with van der Waals surface area (Å²) >= 11 is 0. The van der Waals surface area contributed by atoms with Gasteiger partial charge in [0.05, 0.1) is 18.5 Å². The summed E-state index contributed by atoms with van der Waals surface area (Å²) in [5, 5.41) is 12.9. The first-order valence-corrected chi connectivity index (χ1v) is 6.35. The minimum atomic E-state index is -0.889. The highest BCUT2D eigenvalue weighted by Crippen LogP contribution is 2.13. The molecule has 6 nitrogen and oxygen atoms in total. The predicted molar refractivity (Wildman–Crippen MR) is 70.9 cm³/mol. The number of amides is 1. The molecule has 0 aliphatic carbocycles. The molecular weight excluding hydrogens is 246 g/mol. The maximum absolute atomic E-state index is 12.2. The Morgan fingerprint density at radius 3 is 2.42 bits per heavy atom. The number of hydrogen-bond donors (Lipinski definition) is 1. The van der Waals surface area contributed by atoms with Crippen molar-refractivity contribution in [1.29, 1.82) is 0 Å². The van der Waals surface area contributed by atoms with Gasteiger partial charge in [-0.25, -0.2) is 0 Å². The lowest BCUT2D eigenvalue weighted by molar-refractivity contribution is -0.138. The smallest absolute Gasteiger partial charge is 0.305 e. The van der Waals surface area contributed by atoms with E-state index in [4.69, 9.17) is 5.11 Å². The normalized spacial score (nSPS) is 10.5. The molecule has 0 aliphatic heterocycles. The van der Waals surface area contributed by atoms with Gasteiger partial charge in [0.15, 0.2) is 0 Å². The van der Waals surface area contributed by atoms with Gasteiger partial charge in [0, 0.05) is 31.4 Å². The van der Waals surface area contributed by atoms with E-state index in [0.717, 1.165) is 17.0 Å². The van der Waals surface area contributed by atoms with Crippen LogP contribution in [0.15, 0.2) is 0 Å². The van der Waals surface area contributed by atoms with Crippen LogP contribution in [-0.4, -0.2) is 44.8 Å². The van der Waals surface area contributed by atoms with Crippen LogP contribution in [0.3, 0.4) is 0 Å². The zero-order valence-corrected chi connectivity index (χ0v) is 11.9. The summed E-state index contributed by atoms with van der Waals surface area (Å²) in [6.07, 6.45) is 0.254. The van der Waals surface area contributed by atoms with E-state index in [2.05, 4.69) is 5.10 Å². The number of aryl methyl sites for hydroxylation is 2.